The minimum absolute atomic E-state index is 0.00972. The Balaban J connectivity index is 2.33. The molecule has 6 nitrogen and oxygen atoms in total. The Labute approximate surface area is 96.3 Å². The molecule has 2 aromatic heterocycles. The molecule has 0 atom stereocenters. The number of halogens is 1. The van der Waals surface area contributed by atoms with Crippen molar-refractivity contribution in [1.29, 1.82) is 0 Å². The lowest BCUT2D eigenvalue weighted by Gasteiger charge is -2.04. The molecule has 0 saturated heterocycles. The van der Waals surface area contributed by atoms with Crippen molar-refractivity contribution in [2.45, 2.75) is 4.90 Å². The van der Waals surface area contributed by atoms with Gasteiger partial charge in [-0.25, -0.2) is 13.4 Å². The van der Waals surface area contributed by atoms with E-state index in [1.54, 1.807) is 0 Å². The van der Waals surface area contributed by atoms with Crippen molar-refractivity contribution in [2.24, 2.45) is 0 Å². The van der Waals surface area contributed by atoms with Crippen LogP contribution in [0.2, 0.25) is 5.15 Å². The average Bonchev–Trinajstić information content (AvgIpc) is 2.70. The van der Waals surface area contributed by atoms with Gasteiger partial charge in [-0.1, -0.05) is 16.8 Å². The van der Waals surface area contributed by atoms with E-state index >= 15 is 0 Å². The summed E-state index contributed by atoms with van der Waals surface area (Å²) in [6, 6.07) is 3.96. The summed E-state index contributed by atoms with van der Waals surface area (Å²) in [6.45, 7) is 0. The van der Waals surface area contributed by atoms with Crippen molar-refractivity contribution < 1.29 is 12.9 Å². The number of nitrogens with one attached hydrogen (secondary N) is 1. The fraction of sp³-hybridized carbons (Fsp3) is 0. The molecule has 0 aliphatic heterocycles. The predicted molar refractivity (Wildman–Crippen MR) is 56.6 cm³/mol. The molecule has 84 valence electrons. The zero-order valence-corrected chi connectivity index (χ0v) is 9.36. The number of hydrogen-bond donors (Lipinski definition) is 1. The van der Waals surface area contributed by atoms with Crippen LogP contribution in [0, 0.1) is 0 Å². The summed E-state index contributed by atoms with van der Waals surface area (Å²) in [4.78, 5) is 3.70. The minimum atomic E-state index is -3.70. The summed E-state index contributed by atoms with van der Waals surface area (Å²) in [5, 5.41) is 3.54. The first-order chi connectivity index (χ1) is 7.58. The smallest absolute Gasteiger partial charge is 0.263 e. The van der Waals surface area contributed by atoms with Gasteiger partial charge in [-0.15, -0.1) is 0 Å². The van der Waals surface area contributed by atoms with Crippen molar-refractivity contribution in [2.75, 3.05) is 4.72 Å². The molecule has 1 N–H and O–H groups in total. The van der Waals surface area contributed by atoms with Crippen molar-refractivity contribution in [3.05, 3.63) is 35.8 Å². The molecule has 8 heteroatoms. The highest BCUT2D eigenvalue weighted by molar-refractivity contribution is 7.92. The number of rotatable bonds is 3. The maximum Gasteiger partial charge on any atom is 0.263 e. The van der Waals surface area contributed by atoms with Gasteiger partial charge in [0.25, 0.3) is 10.0 Å². The second-order valence-electron chi connectivity index (χ2n) is 2.80. The topological polar surface area (TPSA) is 85.1 Å². The summed E-state index contributed by atoms with van der Waals surface area (Å²) in [5.74, 6) is 0.105. The van der Waals surface area contributed by atoms with Gasteiger partial charge in [-0.3, -0.25) is 4.72 Å². The maximum absolute atomic E-state index is 11.8. The lowest BCUT2D eigenvalue weighted by Crippen LogP contribution is -2.13. The monoisotopic (exact) mass is 259 g/mol. The van der Waals surface area contributed by atoms with Crippen LogP contribution in [0.15, 0.2) is 40.1 Å². The molecule has 0 spiro atoms. The molecule has 2 heterocycles. The van der Waals surface area contributed by atoms with Gasteiger partial charge in [-0.2, -0.15) is 0 Å². The molecule has 0 bridgehead atoms. The first-order valence-corrected chi connectivity index (χ1v) is 5.99. The summed E-state index contributed by atoms with van der Waals surface area (Å²) < 4.78 is 30.3. The molecule has 0 saturated carbocycles. The van der Waals surface area contributed by atoms with Gasteiger partial charge in [0.2, 0.25) is 0 Å². The van der Waals surface area contributed by atoms with Crippen LogP contribution >= 0.6 is 11.6 Å². The molecular weight excluding hydrogens is 254 g/mol. The summed E-state index contributed by atoms with van der Waals surface area (Å²) in [6.07, 6.45) is 2.57. The van der Waals surface area contributed by atoms with Crippen LogP contribution in [-0.4, -0.2) is 18.6 Å². The fourth-order valence-electron chi connectivity index (χ4n) is 1.01. The molecule has 0 aromatic carbocycles. The first-order valence-electron chi connectivity index (χ1n) is 4.13. The highest BCUT2D eigenvalue weighted by Gasteiger charge is 2.15. The number of sulfonamides is 1. The van der Waals surface area contributed by atoms with Crippen molar-refractivity contribution in [3.63, 3.8) is 0 Å². The Morgan fingerprint density at radius 3 is 2.81 bits per heavy atom. The number of hydrogen-bond acceptors (Lipinski definition) is 5. The number of aromatic nitrogens is 2. The summed E-state index contributed by atoms with van der Waals surface area (Å²) in [7, 11) is -3.70. The fourth-order valence-corrected chi connectivity index (χ4v) is 2.26. The quantitative estimate of drug-likeness (QED) is 0.845. The van der Waals surface area contributed by atoms with E-state index in [1.807, 2.05) is 0 Å². The van der Waals surface area contributed by atoms with E-state index < -0.39 is 10.0 Å². The molecule has 0 amide bonds. The van der Waals surface area contributed by atoms with Gasteiger partial charge in [0.15, 0.2) is 5.82 Å². The highest BCUT2D eigenvalue weighted by atomic mass is 35.5. The molecular formula is C8H6ClN3O3S. The Hall–Kier alpha value is -1.60. The Morgan fingerprint density at radius 2 is 2.19 bits per heavy atom. The van der Waals surface area contributed by atoms with E-state index in [2.05, 4.69) is 19.4 Å². The Kier molecular flexibility index (Phi) is 2.80. The van der Waals surface area contributed by atoms with E-state index in [1.165, 1.54) is 30.7 Å². The Morgan fingerprint density at radius 1 is 1.38 bits per heavy atom. The van der Waals surface area contributed by atoms with Gasteiger partial charge in [0, 0.05) is 12.3 Å². The van der Waals surface area contributed by atoms with E-state index in [0.717, 1.165) is 0 Å². The normalized spacial score (nSPS) is 11.3. The third kappa shape index (κ3) is 2.31. The van der Waals surface area contributed by atoms with E-state index in [0.29, 0.717) is 0 Å². The van der Waals surface area contributed by atoms with Gasteiger partial charge in [0.1, 0.15) is 11.4 Å². The van der Waals surface area contributed by atoms with Gasteiger partial charge in [0.05, 0.1) is 4.90 Å². The average molecular weight is 260 g/mol. The zero-order valence-electron chi connectivity index (χ0n) is 7.79. The molecule has 0 aliphatic carbocycles. The van der Waals surface area contributed by atoms with Crippen LogP contribution in [0.1, 0.15) is 0 Å². The third-order valence-electron chi connectivity index (χ3n) is 1.69. The van der Waals surface area contributed by atoms with Crippen LogP contribution in [0.4, 0.5) is 5.82 Å². The molecule has 0 radical (unpaired) electrons. The van der Waals surface area contributed by atoms with E-state index in [9.17, 15) is 8.42 Å². The van der Waals surface area contributed by atoms with Crippen LogP contribution in [-0.2, 0) is 10.0 Å². The zero-order chi connectivity index (χ0) is 11.6. The van der Waals surface area contributed by atoms with Crippen molar-refractivity contribution in [3.8, 4) is 0 Å². The number of nitrogens with zero attached hydrogens (tertiary/aromatic N) is 2. The molecule has 16 heavy (non-hydrogen) atoms. The second kappa shape index (κ2) is 4.11. The molecule has 0 fully saturated rings. The first kappa shape index (κ1) is 10.9. The van der Waals surface area contributed by atoms with Crippen LogP contribution in [0.3, 0.4) is 0 Å². The molecule has 2 aromatic rings. The second-order valence-corrected chi connectivity index (χ2v) is 4.87. The third-order valence-corrected chi connectivity index (χ3v) is 3.24. The predicted octanol–water partition coefficient (Wildman–Crippen LogP) is 1.52. The maximum atomic E-state index is 11.8. The number of pyridine rings is 1. The Bertz CT molecular complexity index is 582. The van der Waals surface area contributed by atoms with Crippen LogP contribution in [0.25, 0.3) is 0 Å². The van der Waals surface area contributed by atoms with Crippen molar-refractivity contribution >= 4 is 27.4 Å². The van der Waals surface area contributed by atoms with E-state index in [4.69, 9.17) is 11.6 Å². The number of anilines is 1. The SMILES string of the molecule is O=S(=O)(Nc1ccon1)c1ccnc(Cl)c1. The van der Waals surface area contributed by atoms with E-state index in [-0.39, 0.29) is 15.9 Å². The lowest BCUT2D eigenvalue weighted by atomic mass is 10.5. The van der Waals surface area contributed by atoms with Gasteiger partial charge in [-0.05, 0) is 12.1 Å². The molecule has 0 unspecified atom stereocenters. The molecule has 2 rings (SSSR count). The molecule has 0 aliphatic rings. The van der Waals surface area contributed by atoms with Gasteiger partial charge < -0.3 is 4.52 Å². The summed E-state index contributed by atoms with van der Waals surface area (Å²) in [5.41, 5.74) is 0. The summed E-state index contributed by atoms with van der Waals surface area (Å²) >= 11 is 5.60. The standard InChI is InChI=1S/C8H6ClN3O3S/c9-7-5-6(1-3-10-7)16(13,14)12-8-2-4-15-11-8/h1-5H,(H,11,12). The highest BCUT2D eigenvalue weighted by Crippen LogP contribution is 2.16. The van der Waals surface area contributed by atoms with Crippen molar-refractivity contribution in [1.82, 2.24) is 10.1 Å². The van der Waals surface area contributed by atoms with Crippen LogP contribution in [0.5, 0.6) is 0 Å². The largest absolute Gasteiger partial charge is 0.363 e. The minimum Gasteiger partial charge on any atom is -0.363 e. The lowest BCUT2D eigenvalue weighted by molar-refractivity contribution is 0.423. The van der Waals surface area contributed by atoms with Gasteiger partial charge >= 0.3 is 0 Å². The van der Waals surface area contributed by atoms with Crippen LogP contribution < -0.4 is 4.72 Å².